The van der Waals surface area contributed by atoms with Crippen LogP contribution in [0, 0.1) is 0 Å². The number of hydrogen-bond acceptors (Lipinski definition) is 2. The number of hydrogen-bond donors (Lipinski definition) is 1. The van der Waals surface area contributed by atoms with Crippen LogP contribution in [0.4, 0.5) is 0 Å². The fraction of sp³-hybridized carbons (Fsp3) is 0.312. The zero-order chi connectivity index (χ0) is 13.9. The van der Waals surface area contributed by atoms with Crippen molar-refractivity contribution in [3.05, 3.63) is 48.7 Å². The average molecular weight is 268 g/mol. The number of nitrogens with zero attached hydrogens (tertiary/aromatic N) is 3. The quantitative estimate of drug-likeness (QED) is 0.772. The predicted octanol–water partition coefficient (Wildman–Crippen LogP) is 2.85. The van der Waals surface area contributed by atoms with Crippen molar-refractivity contribution in [2.24, 2.45) is 0 Å². The van der Waals surface area contributed by atoms with E-state index < -0.39 is 0 Å². The van der Waals surface area contributed by atoms with Crippen LogP contribution < -0.4 is 0 Å². The third-order valence-corrected chi connectivity index (χ3v) is 3.60. The van der Waals surface area contributed by atoms with Gasteiger partial charge in [-0.3, -0.25) is 0 Å². The Bertz CT molecular complexity index is 680. The molecule has 0 saturated heterocycles. The van der Waals surface area contributed by atoms with E-state index in [9.17, 15) is 0 Å². The molecule has 1 aromatic carbocycles. The molecule has 0 atom stereocenters. The number of aromatic nitrogens is 3. The molecule has 0 radical (unpaired) electrons. The minimum Gasteiger partial charge on any atom is -0.361 e. The lowest BCUT2D eigenvalue weighted by Crippen LogP contribution is -2.13. The number of imidazole rings is 1. The molecule has 4 nitrogen and oxygen atoms in total. The Morgan fingerprint density at radius 2 is 2.20 bits per heavy atom. The number of benzene rings is 1. The van der Waals surface area contributed by atoms with E-state index in [1.165, 1.54) is 22.9 Å². The highest BCUT2D eigenvalue weighted by atomic mass is 15.0. The van der Waals surface area contributed by atoms with Gasteiger partial charge in [-0.25, -0.2) is 4.98 Å². The molecule has 4 heteroatoms. The van der Waals surface area contributed by atoms with E-state index in [1.54, 1.807) is 6.20 Å². The number of fused-ring (bicyclic) bond motifs is 1. The summed E-state index contributed by atoms with van der Waals surface area (Å²) in [7, 11) is 4.23. The van der Waals surface area contributed by atoms with Gasteiger partial charge in [0.05, 0.1) is 6.33 Å². The number of aryl methyl sites for hydroxylation is 1. The average Bonchev–Trinajstić information content (AvgIpc) is 3.07. The summed E-state index contributed by atoms with van der Waals surface area (Å²) >= 11 is 0. The van der Waals surface area contributed by atoms with Crippen molar-refractivity contribution in [1.82, 2.24) is 19.4 Å². The van der Waals surface area contributed by atoms with Gasteiger partial charge in [0.25, 0.3) is 0 Å². The van der Waals surface area contributed by atoms with Crippen molar-refractivity contribution in [3.63, 3.8) is 0 Å². The van der Waals surface area contributed by atoms with E-state index in [0.717, 1.165) is 18.7 Å². The fourth-order valence-electron chi connectivity index (χ4n) is 2.53. The first-order valence-electron chi connectivity index (χ1n) is 6.97. The predicted molar refractivity (Wildman–Crippen MR) is 82.3 cm³/mol. The first-order chi connectivity index (χ1) is 9.74. The van der Waals surface area contributed by atoms with E-state index in [-0.39, 0.29) is 0 Å². The maximum atomic E-state index is 4.11. The summed E-state index contributed by atoms with van der Waals surface area (Å²) in [6.07, 6.45) is 10.0. The molecule has 0 fully saturated rings. The third kappa shape index (κ3) is 2.60. The van der Waals surface area contributed by atoms with Crippen molar-refractivity contribution in [1.29, 1.82) is 0 Å². The largest absolute Gasteiger partial charge is 0.361 e. The standard InChI is InChI=1S/C16H20N4/c1-19(2)8-3-4-13-11-18-16-6-5-14(10-15(13)16)20-9-7-17-12-20/h5-7,9-12,18H,3-4,8H2,1-2H3. The van der Waals surface area contributed by atoms with Crippen molar-refractivity contribution in [2.45, 2.75) is 12.8 Å². The summed E-state index contributed by atoms with van der Waals surface area (Å²) in [6.45, 7) is 1.12. The molecule has 0 saturated carbocycles. The number of nitrogens with one attached hydrogen (secondary N) is 1. The Balaban J connectivity index is 1.88. The Labute approximate surface area is 119 Å². The molecule has 1 N–H and O–H groups in total. The van der Waals surface area contributed by atoms with E-state index >= 15 is 0 Å². The number of rotatable bonds is 5. The second kappa shape index (κ2) is 5.51. The molecule has 3 rings (SSSR count). The van der Waals surface area contributed by atoms with Crippen LogP contribution in [0.2, 0.25) is 0 Å². The van der Waals surface area contributed by atoms with Crippen LogP contribution in [0.25, 0.3) is 16.6 Å². The second-order valence-electron chi connectivity index (χ2n) is 5.42. The SMILES string of the molecule is CN(C)CCCc1c[nH]c2ccc(-n3ccnc3)cc12. The van der Waals surface area contributed by atoms with Crippen molar-refractivity contribution in [3.8, 4) is 5.69 Å². The van der Waals surface area contributed by atoms with Crippen molar-refractivity contribution >= 4 is 10.9 Å². The summed E-state index contributed by atoms with van der Waals surface area (Å²) in [6, 6.07) is 6.49. The Morgan fingerprint density at radius 3 is 2.95 bits per heavy atom. The van der Waals surface area contributed by atoms with Gasteiger partial charge in [0.2, 0.25) is 0 Å². The molecular weight excluding hydrogens is 248 g/mol. The molecule has 20 heavy (non-hydrogen) atoms. The lowest BCUT2D eigenvalue weighted by Gasteiger charge is -2.08. The number of aromatic amines is 1. The minimum atomic E-state index is 1.10. The van der Waals surface area contributed by atoms with Crippen LogP contribution in [-0.4, -0.2) is 40.1 Å². The topological polar surface area (TPSA) is 36.9 Å². The maximum absolute atomic E-state index is 4.11. The Kier molecular flexibility index (Phi) is 3.56. The molecule has 0 aliphatic carbocycles. The highest BCUT2D eigenvalue weighted by Crippen LogP contribution is 2.22. The lowest BCUT2D eigenvalue weighted by atomic mass is 10.1. The first-order valence-corrected chi connectivity index (χ1v) is 6.97. The molecule has 3 aromatic rings. The van der Waals surface area contributed by atoms with Gasteiger partial charge in [-0.15, -0.1) is 0 Å². The van der Waals surface area contributed by atoms with Crippen molar-refractivity contribution < 1.29 is 0 Å². The van der Waals surface area contributed by atoms with Crippen LogP contribution in [0.15, 0.2) is 43.1 Å². The van der Waals surface area contributed by atoms with E-state index in [0.29, 0.717) is 0 Å². The Hall–Kier alpha value is -2.07. The van der Waals surface area contributed by atoms with Gasteiger partial charge in [0.15, 0.2) is 0 Å². The molecule has 0 unspecified atom stereocenters. The van der Waals surface area contributed by atoms with Gasteiger partial charge in [0.1, 0.15) is 0 Å². The van der Waals surface area contributed by atoms with Gasteiger partial charge in [0, 0.05) is 35.2 Å². The highest BCUT2D eigenvalue weighted by Gasteiger charge is 2.06. The lowest BCUT2D eigenvalue weighted by molar-refractivity contribution is 0.400. The third-order valence-electron chi connectivity index (χ3n) is 3.60. The van der Waals surface area contributed by atoms with Crippen LogP contribution in [-0.2, 0) is 6.42 Å². The zero-order valence-corrected chi connectivity index (χ0v) is 12.0. The molecule has 0 aliphatic rings. The summed E-state index contributed by atoms with van der Waals surface area (Å²) in [5.41, 5.74) is 3.75. The summed E-state index contributed by atoms with van der Waals surface area (Å²) in [5, 5.41) is 1.31. The molecular formula is C16H20N4. The smallest absolute Gasteiger partial charge is 0.0991 e. The molecule has 0 spiro atoms. The maximum Gasteiger partial charge on any atom is 0.0991 e. The summed E-state index contributed by atoms with van der Waals surface area (Å²) in [4.78, 5) is 9.70. The van der Waals surface area contributed by atoms with Crippen LogP contribution >= 0.6 is 0 Å². The molecule has 0 amide bonds. The highest BCUT2D eigenvalue weighted by molar-refractivity contribution is 5.85. The first kappa shape index (κ1) is 12.9. The van der Waals surface area contributed by atoms with Gasteiger partial charge in [-0.05, 0) is 57.2 Å². The summed E-state index contributed by atoms with van der Waals surface area (Å²) in [5.74, 6) is 0. The molecule has 104 valence electrons. The van der Waals surface area contributed by atoms with E-state index in [2.05, 4.69) is 53.4 Å². The van der Waals surface area contributed by atoms with E-state index in [1.807, 2.05) is 17.1 Å². The normalized spacial score (nSPS) is 11.6. The molecule has 2 heterocycles. The van der Waals surface area contributed by atoms with Gasteiger partial charge < -0.3 is 14.5 Å². The molecule has 0 aliphatic heterocycles. The van der Waals surface area contributed by atoms with Gasteiger partial charge in [-0.2, -0.15) is 0 Å². The second-order valence-corrected chi connectivity index (χ2v) is 5.42. The van der Waals surface area contributed by atoms with Gasteiger partial charge in [-0.1, -0.05) is 0 Å². The van der Waals surface area contributed by atoms with Crippen molar-refractivity contribution in [2.75, 3.05) is 20.6 Å². The number of H-pyrrole nitrogens is 1. The van der Waals surface area contributed by atoms with E-state index in [4.69, 9.17) is 0 Å². The molecule has 0 bridgehead atoms. The van der Waals surface area contributed by atoms with Crippen LogP contribution in [0.5, 0.6) is 0 Å². The summed E-state index contributed by atoms with van der Waals surface area (Å²) < 4.78 is 2.04. The van der Waals surface area contributed by atoms with Gasteiger partial charge >= 0.3 is 0 Å². The Morgan fingerprint density at radius 1 is 1.30 bits per heavy atom. The van der Waals surface area contributed by atoms with Crippen LogP contribution in [0.3, 0.4) is 0 Å². The molecule has 2 aromatic heterocycles. The van der Waals surface area contributed by atoms with Crippen LogP contribution in [0.1, 0.15) is 12.0 Å². The minimum absolute atomic E-state index is 1.10. The fourth-order valence-corrected chi connectivity index (χ4v) is 2.53. The monoisotopic (exact) mass is 268 g/mol. The zero-order valence-electron chi connectivity index (χ0n) is 12.0.